The molecule has 1 heterocycles. The highest BCUT2D eigenvalue weighted by molar-refractivity contribution is 6.30. The predicted octanol–water partition coefficient (Wildman–Crippen LogP) is 9.01. The zero-order chi connectivity index (χ0) is 39.5. The highest BCUT2D eigenvalue weighted by Crippen LogP contribution is 2.65. The van der Waals surface area contributed by atoms with Crippen LogP contribution in [0.15, 0.2) is 103 Å². The van der Waals surface area contributed by atoms with Gasteiger partial charge in [0.25, 0.3) is 0 Å². The molecule has 3 aliphatic rings. The van der Waals surface area contributed by atoms with Gasteiger partial charge in [0.15, 0.2) is 0 Å². The van der Waals surface area contributed by atoms with Crippen molar-refractivity contribution in [1.29, 1.82) is 5.26 Å². The first-order chi connectivity index (χ1) is 27.0. The molecule has 2 aliphatic carbocycles. The summed E-state index contributed by atoms with van der Waals surface area (Å²) in [5.41, 5.74) is 4.38. The van der Waals surface area contributed by atoms with Crippen LogP contribution in [-0.4, -0.2) is 58.6 Å². The van der Waals surface area contributed by atoms with Gasteiger partial charge in [-0.25, -0.2) is 0 Å². The van der Waals surface area contributed by atoms with E-state index in [2.05, 4.69) is 59.7 Å². The van der Waals surface area contributed by atoms with Crippen molar-refractivity contribution >= 4 is 23.2 Å². The fourth-order valence-corrected chi connectivity index (χ4v) is 10.3. The average molecular weight is 775 g/mol. The topological polar surface area (TPSA) is 118 Å². The second-order valence-corrected chi connectivity index (χ2v) is 17.4. The Bertz CT molecular complexity index is 1980. The Balaban J connectivity index is 1.54. The number of ether oxygens (including phenoxy) is 1. The Morgan fingerprint density at radius 2 is 1.57 bits per heavy atom. The molecule has 2 saturated carbocycles. The van der Waals surface area contributed by atoms with Gasteiger partial charge < -0.3 is 25.6 Å². The van der Waals surface area contributed by atoms with E-state index >= 15 is 4.79 Å². The number of amides is 1. The minimum atomic E-state index is -0.976. The number of hydrogen-bond acceptors (Lipinski definition) is 7. The summed E-state index contributed by atoms with van der Waals surface area (Å²) in [6, 6.07) is 34.6. The monoisotopic (exact) mass is 774 g/mol. The fourth-order valence-electron chi connectivity index (χ4n) is 10.1. The molecular weight excluding hydrogens is 720 g/mol. The SMILES string of the molecule is COCNc1cc(C#N)ccc1C1[C@@H](c2cccc(Cl)c2)[C@H](C(=O)NC2CCC(O)CC2)N([C@H](c2ccccc2)[C@@H](O)c2ccccc2)C12CCC(C)(C)CC2. The highest BCUT2D eigenvalue weighted by Gasteiger charge is 2.65. The molecule has 1 spiro atoms. The molecule has 1 aliphatic heterocycles. The van der Waals surface area contributed by atoms with E-state index in [1.165, 1.54) is 0 Å². The van der Waals surface area contributed by atoms with Crippen LogP contribution >= 0.6 is 11.6 Å². The van der Waals surface area contributed by atoms with Gasteiger partial charge in [-0.05, 0) is 103 Å². The molecule has 1 unspecified atom stereocenters. The lowest BCUT2D eigenvalue weighted by atomic mass is 9.61. The van der Waals surface area contributed by atoms with Crippen molar-refractivity contribution in [2.75, 3.05) is 19.2 Å². The number of benzene rings is 4. The number of nitriles is 1. The first-order valence-electron chi connectivity index (χ1n) is 20.1. The molecule has 8 nitrogen and oxygen atoms in total. The molecule has 3 fully saturated rings. The number of hydrogen-bond donors (Lipinski definition) is 4. The number of likely N-dealkylation sites (tertiary alicyclic amines) is 1. The Morgan fingerprint density at radius 3 is 2.20 bits per heavy atom. The zero-order valence-corrected chi connectivity index (χ0v) is 33.5. The van der Waals surface area contributed by atoms with E-state index in [-0.39, 0.29) is 36.1 Å². The van der Waals surface area contributed by atoms with Crippen molar-refractivity contribution in [3.63, 3.8) is 0 Å². The summed E-state index contributed by atoms with van der Waals surface area (Å²) in [6.07, 6.45) is 4.70. The van der Waals surface area contributed by atoms with Crippen molar-refractivity contribution in [3.8, 4) is 6.07 Å². The number of rotatable bonds is 11. The van der Waals surface area contributed by atoms with Gasteiger partial charge in [0.05, 0.1) is 35.9 Å². The normalized spacial score (nSPS) is 25.6. The van der Waals surface area contributed by atoms with E-state index in [0.29, 0.717) is 36.3 Å². The number of aliphatic hydroxyl groups is 2. The summed E-state index contributed by atoms with van der Waals surface area (Å²) in [6.45, 7) is 4.88. The van der Waals surface area contributed by atoms with Crippen LogP contribution in [0.4, 0.5) is 5.69 Å². The van der Waals surface area contributed by atoms with E-state index in [9.17, 15) is 15.5 Å². The van der Waals surface area contributed by atoms with Gasteiger partial charge in [-0.2, -0.15) is 5.26 Å². The zero-order valence-electron chi connectivity index (χ0n) is 32.7. The number of nitrogens with one attached hydrogen (secondary N) is 2. The van der Waals surface area contributed by atoms with Crippen molar-refractivity contribution < 1.29 is 19.7 Å². The van der Waals surface area contributed by atoms with Crippen molar-refractivity contribution in [2.24, 2.45) is 5.41 Å². The van der Waals surface area contributed by atoms with Crippen LogP contribution in [0, 0.1) is 16.7 Å². The molecular formula is C47H55ClN4O4. The van der Waals surface area contributed by atoms with Gasteiger partial charge in [0.2, 0.25) is 5.91 Å². The number of anilines is 1. The largest absolute Gasteiger partial charge is 0.393 e. The van der Waals surface area contributed by atoms with Gasteiger partial charge >= 0.3 is 0 Å². The van der Waals surface area contributed by atoms with Gasteiger partial charge in [-0.15, -0.1) is 0 Å². The molecule has 0 bridgehead atoms. The third-order valence-electron chi connectivity index (χ3n) is 12.9. The highest BCUT2D eigenvalue weighted by atomic mass is 35.5. The van der Waals surface area contributed by atoms with E-state index in [0.717, 1.165) is 53.6 Å². The number of carbonyl (C=O) groups excluding carboxylic acids is 1. The second-order valence-electron chi connectivity index (χ2n) is 16.9. The average Bonchev–Trinajstić information content (AvgIpc) is 3.49. The van der Waals surface area contributed by atoms with Crippen LogP contribution in [0.3, 0.4) is 0 Å². The van der Waals surface area contributed by atoms with Crippen molar-refractivity contribution in [2.45, 2.75) is 113 Å². The Morgan fingerprint density at radius 1 is 0.911 bits per heavy atom. The van der Waals surface area contributed by atoms with Crippen molar-refractivity contribution in [3.05, 3.63) is 136 Å². The molecule has 4 aromatic carbocycles. The Hall–Kier alpha value is -4.23. The number of halogens is 1. The number of carbonyl (C=O) groups is 1. The maximum absolute atomic E-state index is 15.6. The van der Waals surface area contributed by atoms with Crippen LogP contribution in [0.5, 0.6) is 0 Å². The first kappa shape index (κ1) is 40.0. The molecule has 1 amide bonds. The molecule has 56 heavy (non-hydrogen) atoms. The lowest BCUT2D eigenvalue weighted by Crippen LogP contribution is -2.58. The molecule has 0 radical (unpaired) electrons. The van der Waals surface area contributed by atoms with Gasteiger partial charge in [-0.1, -0.05) is 104 Å². The van der Waals surface area contributed by atoms with Gasteiger partial charge in [-0.3, -0.25) is 9.69 Å². The first-order valence-corrected chi connectivity index (χ1v) is 20.5. The molecule has 0 aromatic heterocycles. The number of methoxy groups -OCH3 is 1. The van der Waals surface area contributed by atoms with E-state index < -0.39 is 29.6 Å². The third-order valence-corrected chi connectivity index (χ3v) is 13.1. The maximum atomic E-state index is 15.6. The van der Waals surface area contributed by atoms with Gasteiger partial charge in [0.1, 0.15) is 6.73 Å². The van der Waals surface area contributed by atoms with Crippen LogP contribution in [0.2, 0.25) is 5.02 Å². The predicted molar refractivity (Wildman–Crippen MR) is 221 cm³/mol. The molecule has 4 N–H and O–H groups in total. The summed E-state index contributed by atoms with van der Waals surface area (Å²) in [7, 11) is 1.64. The molecule has 4 aromatic rings. The molecule has 9 heteroatoms. The minimum Gasteiger partial charge on any atom is -0.393 e. The number of nitrogens with zero attached hydrogens (tertiary/aromatic N) is 2. The van der Waals surface area contributed by atoms with E-state index in [1.807, 2.05) is 78.9 Å². The molecule has 5 atom stereocenters. The molecule has 294 valence electrons. The summed E-state index contributed by atoms with van der Waals surface area (Å²) < 4.78 is 5.54. The summed E-state index contributed by atoms with van der Waals surface area (Å²) in [5.74, 6) is -0.777. The van der Waals surface area contributed by atoms with Gasteiger partial charge in [0, 0.05) is 41.2 Å². The third kappa shape index (κ3) is 8.12. The van der Waals surface area contributed by atoms with Crippen LogP contribution < -0.4 is 10.6 Å². The summed E-state index contributed by atoms with van der Waals surface area (Å²) in [5, 5.41) is 40.9. The molecule has 1 saturated heterocycles. The quantitative estimate of drug-likeness (QED) is 0.112. The lowest BCUT2D eigenvalue weighted by molar-refractivity contribution is -0.133. The molecule has 7 rings (SSSR count). The number of aliphatic hydroxyl groups excluding tert-OH is 2. The maximum Gasteiger partial charge on any atom is 0.238 e. The van der Waals surface area contributed by atoms with E-state index in [4.69, 9.17) is 16.3 Å². The van der Waals surface area contributed by atoms with Crippen LogP contribution in [0.1, 0.15) is 117 Å². The fraction of sp³-hybridized carbons (Fsp3) is 0.447. The summed E-state index contributed by atoms with van der Waals surface area (Å²) in [4.78, 5) is 18.1. The summed E-state index contributed by atoms with van der Waals surface area (Å²) >= 11 is 6.85. The van der Waals surface area contributed by atoms with Crippen LogP contribution in [0.25, 0.3) is 0 Å². The van der Waals surface area contributed by atoms with Crippen LogP contribution in [-0.2, 0) is 9.53 Å². The minimum absolute atomic E-state index is 0.0678. The van der Waals surface area contributed by atoms with E-state index in [1.54, 1.807) is 7.11 Å². The Labute approximate surface area is 336 Å². The lowest BCUT2D eigenvalue weighted by Gasteiger charge is -2.53. The standard InChI is InChI=1S/C47H55ClN4O4/c1-46(2)23-25-47(26-24-46)41(38-22-17-31(29-49)27-39(38)50-30-56-3)40(34-15-10-16-35(48)28-34)43(45(55)51-36-18-20-37(53)21-19-36)52(47)42(32-11-6-4-7-12-32)44(54)33-13-8-5-9-14-33/h4-17,22,27-28,36-37,40-44,50,53-54H,18-21,23-26,30H2,1-3H3,(H,51,55)/t36?,37?,40-,41?,42-,43-,44+/m1/s1. The Kier molecular flexibility index (Phi) is 12.2. The smallest absolute Gasteiger partial charge is 0.238 e. The van der Waals surface area contributed by atoms with Crippen molar-refractivity contribution in [1.82, 2.24) is 10.2 Å². The second kappa shape index (κ2) is 17.1.